The number of nitrogens with two attached hydrogens (primary N) is 1. The van der Waals surface area contributed by atoms with E-state index < -0.39 is 0 Å². The van der Waals surface area contributed by atoms with Crippen LogP contribution in [0.2, 0.25) is 0 Å². The number of hydrogen-bond acceptors (Lipinski definition) is 3. The molecular weight excluding hydrogens is 198 g/mol. The van der Waals surface area contributed by atoms with Crippen molar-refractivity contribution in [1.29, 1.82) is 5.26 Å². The van der Waals surface area contributed by atoms with Gasteiger partial charge in [0, 0.05) is 6.04 Å². The molecular formula is C13H17N3. The third kappa shape index (κ3) is 2.27. The minimum absolute atomic E-state index is 0.519. The topological polar surface area (TPSA) is 61.8 Å². The highest BCUT2D eigenvalue weighted by Gasteiger charge is 2.14. The molecule has 0 saturated heterocycles. The molecule has 0 bridgehead atoms. The minimum Gasteiger partial charge on any atom is -0.396 e. The number of nitrogen functional groups attached to an aromatic ring is 1. The van der Waals surface area contributed by atoms with Crippen LogP contribution in [0.15, 0.2) is 18.2 Å². The summed E-state index contributed by atoms with van der Waals surface area (Å²) in [6.45, 7) is 0. The van der Waals surface area contributed by atoms with Crippen molar-refractivity contribution < 1.29 is 0 Å². The van der Waals surface area contributed by atoms with E-state index in [2.05, 4.69) is 11.4 Å². The molecule has 3 nitrogen and oxygen atoms in total. The molecule has 1 fully saturated rings. The summed E-state index contributed by atoms with van der Waals surface area (Å²) in [6.07, 6.45) is 6.32. The van der Waals surface area contributed by atoms with E-state index in [1.165, 1.54) is 32.1 Å². The molecule has 0 amide bonds. The smallest absolute Gasteiger partial charge is 0.101 e. The molecule has 3 N–H and O–H groups in total. The molecule has 1 aliphatic rings. The molecule has 0 aromatic heterocycles. The van der Waals surface area contributed by atoms with Crippen LogP contribution in [0.25, 0.3) is 0 Å². The summed E-state index contributed by atoms with van der Waals surface area (Å²) in [4.78, 5) is 0. The summed E-state index contributed by atoms with van der Waals surface area (Å²) in [6, 6.07) is 8.20. The SMILES string of the molecule is N#Cc1cccc(NC2CCCCC2)c1N. The van der Waals surface area contributed by atoms with E-state index in [-0.39, 0.29) is 0 Å². The number of hydrogen-bond donors (Lipinski definition) is 2. The zero-order valence-electron chi connectivity index (χ0n) is 9.37. The minimum atomic E-state index is 0.519. The van der Waals surface area contributed by atoms with Gasteiger partial charge in [0.25, 0.3) is 0 Å². The number of rotatable bonds is 2. The molecule has 0 unspecified atom stereocenters. The summed E-state index contributed by atoms with van der Waals surface area (Å²) in [7, 11) is 0. The van der Waals surface area contributed by atoms with E-state index in [1.807, 2.05) is 12.1 Å². The first-order valence-corrected chi connectivity index (χ1v) is 5.86. The molecule has 2 rings (SSSR count). The predicted octanol–water partition coefficient (Wildman–Crippen LogP) is 2.89. The Morgan fingerprint density at radius 2 is 2.00 bits per heavy atom. The molecule has 1 aliphatic carbocycles. The Morgan fingerprint density at radius 3 is 2.69 bits per heavy atom. The van der Waals surface area contributed by atoms with Crippen LogP contribution in [-0.4, -0.2) is 6.04 Å². The van der Waals surface area contributed by atoms with E-state index in [0.717, 1.165) is 5.69 Å². The Bertz CT molecular complexity index is 400. The average molecular weight is 215 g/mol. The van der Waals surface area contributed by atoms with Gasteiger partial charge in [-0.25, -0.2) is 0 Å². The van der Waals surface area contributed by atoms with Crippen molar-refractivity contribution in [2.75, 3.05) is 11.1 Å². The number of nitrogens with zero attached hydrogens (tertiary/aromatic N) is 1. The standard InChI is InChI=1S/C13H17N3/c14-9-10-5-4-8-12(13(10)15)16-11-6-2-1-3-7-11/h4-5,8,11,16H,1-3,6-7,15H2. The average Bonchev–Trinajstić information content (AvgIpc) is 2.33. The van der Waals surface area contributed by atoms with Gasteiger partial charge in [-0.2, -0.15) is 5.26 Å². The highest BCUT2D eigenvalue weighted by atomic mass is 14.9. The molecule has 84 valence electrons. The van der Waals surface area contributed by atoms with Crippen molar-refractivity contribution in [2.45, 2.75) is 38.1 Å². The molecule has 0 heterocycles. The second kappa shape index (κ2) is 4.89. The maximum Gasteiger partial charge on any atom is 0.101 e. The zero-order chi connectivity index (χ0) is 11.4. The third-order valence-electron chi connectivity index (χ3n) is 3.19. The van der Waals surface area contributed by atoms with Gasteiger partial charge >= 0.3 is 0 Å². The quantitative estimate of drug-likeness (QED) is 0.746. The maximum atomic E-state index is 8.89. The monoisotopic (exact) mass is 215 g/mol. The van der Waals surface area contributed by atoms with E-state index in [4.69, 9.17) is 11.0 Å². The normalized spacial score (nSPS) is 16.7. The lowest BCUT2D eigenvalue weighted by atomic mass is 9.95. The van der Waals surface area contributed by atoms with Crippen molar-refractivity contribution in [3.8, 4) is 6.07 Å². The van der Waals surface area contributed by atoms with E-state index >= 15 is 0 Å². The van der Waals surface area contributed by atoms with Crippen LogP contribution in [0.3, 0.4) is 0 Å². The fourth-order valence-corrected chi connectivity index (χ4v) is 2.26. The highest BCUT2D eigenvalue weighted by molar-refractivity contribution is 5.73. The summed E-state index contributed by atoms with van der Waals surface area (Å²) in [5.74, 6) is 0. The molecule has 0 spiro atoms. The van der Waals surface area contributed by atoms with Crippen molar-refractivity contribution in [2.24, 2.45) is 0 Å². The molecule has 3 heteroatoms. The zero-order valence-corrected chi connectivity index (χ0v) is 9.37. The van der Waals surface area contributed by atoms with Gasteiger partial charge in [-0.3, -0.25) is 0 Å². The Morgan fingerprint density at radius 1 is 1.25 bits per heavy atom. The molecule has 1 aromatic rings. The van der Waals surface area contributed by atoms with Crippen molar-refractivity contribution in [1.82, 2.24) is 0 Å². The van der Waals surface area contributed by atoms with Gasteiger partial charge in [-0.15, -0.1) is 0 Å². The number of nitrogens with one attached hydrogen (secondary N) is 1. The first-order chi connectivity index (χ1) is 7.81. The van der Waals surface area contributed by atoms with Crippen molar-refractivity contribution in [3.63, 3.8) is 0 Å². The lowest BCUT2D eigenvalue weighted by Gasteiger charge is -2.24. The number of para-hydroxylation sites is 1. The molecule has 0 radical (unpaired) electrons. The third-order valence-corrected chi connectivity index (χ3v) is 3.19. The van der Waals surface area contributed by atoms with Crippen molar-refractivity contribution in [3.05, 3.63) is 23.8 Å². The first-order valence-electron chi connectivity index (χ1n) is 5.86. The molecule has 0 atom stereocenters. The lowest BCUT2D eigenvalue weighted by molar-refractivity contribution is 0.463. The molecule has 1 saturated carbocycles. The Balaban J connectivity index is 2.12. The summed E-state index contributed by atoms with van der Waals surface area (Å²) in [5, 5.41) is 12.3. The van der Waals surface area contributed by atoms with Crippen LogP contribution in [0.1, 0.15) is 37.7 Å². The molecule has 1 aromatic carbocycles. The first kappa shape index (κ1) is 10.8. The van der Waals surface area contributed by atoms with Gasteiger partial charge in [-0.1, -0.05) is 25.3 Å². The fourth-order valence-electron chi connectivity index (χ4n) is 2.26. The molecule has 16 heavy (non-hydrogen) atoms. The maximum absolute atomic E-state index is 8.89. The summed E-state index contributed by atoms with van der Waals surface area (Å²) in [5.41, 5.74) is 7.97. The van der Waals surface area contributed by atoms with Crippen LogP contribution in [0.4, 0.5) is 11.4 Å². The second-order valence-corrected chi connectivity index (χ2v) is 4.36. The van der Waals surface area contributed by atoms with E-state index in [1.54, 1.807) is 6.07 Å². The predicted molar refractivity (Wildman–Crippen MR) is 66.1 cm³/mol. The second-order valence-electron chi connectivity index (χ2n) is 4.36. The fraction of sp³-hybridized carbons (Fsp3) is 0.462. The van der Waals surface area contributed by atoms with Gasteiger partial charge < -0.3 is 11.1 Å². The van der Waals surface area contributed by atoms with E-state index in [9.17, 15) is 0 Å². The Kier molecular flexibility index (Phi) is 3.31. The Labute approximate surface area is 96.3 Å². The molecule has 0 aliphatic heterocycles. The number of benzene rings is 1. The van der Waals surface area contributed by atoms with Crippen molar-refractivity contribution >= 4 is 11.4 Å². The van der Waals surface area contributed by atoms with E-state index in [0.29, 0.717) is 17.3 Å². The van der Waals surface area contributed by atoms with Crippen LogP contribution in [-0.2, 0) is 0 Å². The Hall–Kier alpha value is -1.69. The highest BCUT2D eigenvalue weighted by Crippen LogP contribution is 2.26. The van der Waals surface area contributed by atoms with Gasteiger partial charge in [-0.05, 0) is 25.0 Å². The van der Waals surface area contributed by atoms with Crippen LogP contribution >= 0.6 is 0 Å². The summed E-state index contributed by atoms with van der Waals surface area (Å²) < 4.78 is 0. The van der Waals surface area contributed by atoms with Crippen LogP contribution in [0.5, 0.6) is 0 Å². The summed E-state index contributed by atoms with van der Waals surface area (Å²) >= 11 is 0. The lowest BCUT2D eigenvalue weighted by Crippen LogP contribution is -2.22. The number of anilines is 2. The number of nitriles is 1. The van der Waals surface area contributed by atoms with Gasteiger partial charge in [0.05, 0.1) is 16.9 Å². The largest absolute Gasteiger partial charge is 0.396 e. The van der Waals surface area contributed by atoms with Gasteiger partial charge in [0.2, 0.25) is 0 Å². The van der Waals surface area contributed by atoms with Crippen LogP contribution < -0.4 is 11.1 Å². The van der Waals surface area contributed by atoms with Gasteiger partial charge in [0.1, 0.15) is 6.07 Å². The van der Waals surface area contributed by atoms with Crippen LogP contribution in [0, 0.1) is 11.3 Å². The van der Waals surface area contributed by atoms with Gasteiger partial charge in [0.15, 0.2) is 0 Å².